The second-order valence-electron chi connectivity index (χ2n) is 6.94. The fourth-order valence-electron chi connectivity index (χ4n) is 2.52. The molecule has 5 nitrogen and oxygen atoms in total. The Bertz CT molecular complexity index is 589. The lowest BCUT2D eigenvalue weighted by Gasteiger charge is -2.26. The van der Waals surface area contributed by atoms with Gasteiger partial charge in [-0.3, -0.25) is 4.79 Å². The zero-order chi connectivity index (χ0) is 17.2. The third kappa shape index (κ3) is 4.47. The van der Waals surface area contributed by atoms with E-state index in [-0.39, 0.29) is 12.0 Å². The minimum absolute atomic E-state index is 0.0675. The maximum Gasteiger partial charge on any atom is 0.410 e. The SMILES string of the molecule is Cc1scc(C(=O)N2CCCN(C(=O)OC(C)(C)C)CC2)c1C. The Morgan fingerprint density at radius 2 is 1.70 bits per heavy atom. The standard InChI is InChI=1S/C17H26N2O3S/c1-12-13(2)23-11-14(12)15(20)18-7-6-8-19(10-9-18)16(21)22-17(3,4)5/h11H,6-10H2,1-5H3. The van der Waals surface area contributed by atoms with Gasteiger partial charge in [0.15, 0.2) is 0 Å². The van der Waals surface area contributed by atoms with E-state index in [0.717, 1.165) is 17.5 Å². The van der Waals surface area contributed by atoms with Crippen LogP contribution in [0.2, 0.25) is 0 Å². The van der Waals surface area contributed by atoms with Crippen LogP contribution in [0.15, 0.2) is 5.38 Å². The molecule has 0 unspecified atom stereocenters. The van der Waals surface area contributed by atoms with Gasteiger partial charge >= 0.3 is 6.09 Å². The fourth-order valence-corrected chi connectivity index (χ4v) is 3.38. The molecule has 0 aliphatic carbocycles. The van der Waals surface area contributed by atoms with E-state index in [1.807, 2.05) is 44.9 Å². The third-order valence-electron chi connectivity index (χ3n) is 3.95. The zero-order valence-electron chi connectivity index (χ0n) is 14.6. The molecule has 1 aromatic heterocycles. The van der Waals surface area contributed by atoms with Gasteiger partial charge in [-0.25, -0.2) is 4.79 Å². The van der Waals surface area contributed by atoms with Gasteiger partial charge in [0.2, 0.25) is 0 Å². The summed E-state index contributed by atoms with van der Waals surface area (Å²) in [7, 11) is 0. The molecule has 0 aromatic carbocycles. The lowest BCUT2D eigenvalue weighted by Crippen LogP contribution is -2.40. The molecule has 0 bridgehead atoms. The molecule has 23 heavy (non-hydrogen) atoms. The van der Waals surface area contributed by atoms with Gasteiger partial charge < -0.3 is 14.5 Å². The third-order valence-corrected chi connectivity index (χ3v) is 4.96. The molecule has 2 amide bonds. The molecule has 1 aliphatic heterocycles. The van der Waals surface area contributed by atoms with Crippen LogP contribution in [-0.2, 0) is 4.74 Å². The van der Waals surface area contributed by atoms with Crippen molar-refractivity contribution in [3.8, 4) is 0 Å². The average molecular weight is 338 g/mol. The molecule has 0 atom stereocenters. The number of nitrogens with zero attached hydrogens (tertiary/aromatic N) is 2. The molecular formula is C17H26N2O3S. The van der Waals surface area contributed by atoms with Crippen molar-refractivity contribution in [1.82, 2.24) is 9.80 Å². The van der Waals surface area contributed by atoms with Crippen molar-refractivity contribution >= 4 is 23.3 Å². The maximum absolute atomic E-state index is 12.7. The zero-order valence-corrected chi connectivity index (χ0v) is 15.5. The van der Waals surface area contributed by atoms with E-state index >= 15 is 0 Å². The van der Waals surface area contributed by atoms with E-state index in [1.165, 1.54) is 4.88 Å². The quantitative estimate of drug-likeness (QED) is 0.788. The highest BCUT2D eigenvalue weighted by Crippen LogP contribution is 2.22. The lowest BCUT2D eigenvalue weighted by molar-refractivity contribution is 0.0255. The second-order valence-corrected chi connectivity index (χ2v) is 8.03. The van der Waals surface area contributed by atoms with Crippen molar-refractivity contribution in [1.29, 1.82) is 0 Å². The number of hydrogen-bond donors (Lipinski definition) is 0. The number of amides is 2. The monoisotopic (exact) mass is 338 g/mol. The Balaban J connectivity index is 2.00. The number of thiophene rings is 1. The van der Waals surface area contributed by atoms with Crippen LogP contribution in [0.1, 0.15) is 48.0 Å². The largest absolute Gasteiger partial charge is 0.444 e. The van der Waals surface area contributed by atoms with E-state index in [9.17, 15) is 9.59 Å². The topological polar surface area (TPSA) is 49.9 Å². The maximum atomic E-state index is 12.7. The van der Waals surface area contributed by atoms with E-state index in [4.69, 9.17) is 4.74 Å². The highest BCUT2D eigenvalue weighted by Gasteiger charge is 2.27. The summed E-state index contributed by atoms with van der Waals surface area (Å²) in [5.41, 5.74) is 1.36. The molecular weight excluding hydrogens is 312 g/mol. The van der Waals surface area contributed by atoms with Crippen molar-refractivity contribution < 1.29 is 14.3 Å². The molecule has 1 aliphatic rings. The first kappa shape index (κ1) is 17.8. The molecule has 0 saturated carbocycles. The van der Waals surface area contributed by atoms with Crippen LogP contribution in [0.3, 0.4) is 0 Å². The van der Waals surface area contributed by atoms with Crippen LogP contribution in [0.4, 0.5) is 4.79 Å². The average Bonchev–Trinajstić information content (AvgIpc) is 2.67. The Hall–Kier alpha value is -1.56. The summed E-state index contributed by atoms with van der Waals surface area (Å²) in [4.78, 5) is 29.6. The predicted octanol–water partition coefficient (Wildman–Crippen LogP) is 3.45. The molecule has 2 rings (SSSR count). The second kappa shape index (κ2) is 6.91. The highest BCUT2D eigenvalue weighted by molar-refractivity contribution is 7.10. The number of aryl methyl sites for hydroxylation is 1. The van der Waals surface area contributed by atoms with Crippen LogP contribution in [0.25, 0.3) is 0 Å². The first-order chi connectivity index (χ1) is 10.7. The van der Waals surface area contributed by atoms with Crippen molar-refractivity contribution in [3.05, 3.63) is 21.4 Å². The van der Waals surface area contributed by atoms with Gasteiger partial charge in [-0.15, -0.1) is 11.3 Å². The first-order valence-corrected chi connectivity index (χ1v) is 8.89. The van der Waals surface area contributed by atoms with Gasteiger partial charge in [-0.2, -0.15) is 0 Å². The Kier molecular flexibility index (Phi) is 5.34. The van der Waals surface area contributed by atoms with Gasteiger partial charge in [-0.1, -0.05) is 0 Å². The number of ether oxygens (including phenoxy) is 1. The van der Waals surface area contributed by atoms with E-state index in [1.54, 1.807) is 16.2 Å². The minimum Gasteiger partial charge on any atom is -0.444 e. The van der Waals surface area contributed by atoms with E-state index < -0.39 is 5.60 Å². The van der Waals surface area contributed by atoms with E-state index in [0.29, 0.717) is 26.2 Å². The van der Waals surface area contributed by atoms with Crippen LogP contribution in [0, 0.1) is 13.8 Å². The van der Waals surface area contributed by atoms with Gasteiger partial charge in [-0.05, 0) is 46.6 Å². The van der Waals surface area contributed by atoms with Crippen molar-refractivity contribution in [2.75, 3.05) is 26.2 Å². The minimum atomic E-state index is -0.496. The number of carbonyl (C=O) groups is 2. The molecule has 1 saturated heterocycles. The van der Waals surface area contributed by atoms with Crippen LogP contribution in [0.5, 0.6) is 0 Å². The normalized spacial score (nSPS) is 16.2. The molecule has 1 fully saturated rings. The smallest absolute Gasteiger partial charge is 0.410 e. The summed E-state index contributed by atoms with van der Waals surface area (Å²) in [5, 5.41) is 1.93. The molecule has 0 N–H and O–H groups in total. The van der Waals surface area contributed by atoms with Gasteiger partial charge in [0.25, 0.3) is 5.91 Å². The first-order valence-electron chi connectivity index (χ1n) is 8.01. The Labute approximate surface area is 142 Å². The molecule has 6 heteroatoms. The summed E-state index contributed by atoms with van der Waals surface area (Å²) >= 11 is 1.61. The van der Waals surface area contributed by atoms with Gasteiger partial charge in [0.1, 0.15) is 5.60 Å². The number of carbonyl (C=O) groups excluding carboxylic acids is 2. The summed E-state index contributed by atoms with van der Waals surface area (Å²) < 4.78 is 5.42. The Morgan fingerprint density at radius 1 is 1.09 bits per heavy atom. The number of hydrogen-bond acceptors (Lipinski definition) is 4. The molecule has 128 valence electrons. The van der Waals surface area contributed by atoms with Crippen LogP contribution < -0.4 is 0 Å². The van der Waals surface area contributed by atoms with Crippen molar-refractivity contribution in [3.63, 3.8) is 0 Å². The van der Waals surface area contributed by atoms with Crippen molar-refractivity contribution in [2.24, 2.45) is 0 Å². The lowest BCUT2D eigenvalue weighted by atomic mass is 10.1. The molecule has 0 radical (unpaired) electrons. The van der Waals surface area contributed by atoms with Crippen LogP contribution in [-0.4, -0.2) is 53.6 Å². The number of rotatable bonds is 1. The summed E-state index contributed by atoms with van der Waals surface area (Å²) in [5.74, 6) is 0.0675. The molecule has 1 aromatic rings. The van der Waals surface area contributed by atoms with Crippen molar-refractivity contribution in [2.45, 2.75) is 46.6 Å². The Morgan fingerprint density at radius 3 is 2.26 bits per heavy atom. The predicted molar refractivity (Wildman–Crippen MR) is 92.1 cm³/mol. The highest BCUT2D eigenvalue weighted by atomic mass is 32.1. The summed E-state index contributed by atoms with van der Waals surface area (Å²) in [6.07, 6.45) is 0.474. The molecule has 2 heterocycles. The van der Waals surface area contributed by atoms with E-state index in [2.05, 4.69) is 0 Å². The fraction of sp³-hybridized carbons (Fsp3) is 0.647. The van der Waals surface area contributed by atoms with Crippen LogP contribution >= 0.6 is 11.3 Å². The van der Waals surface area contributed by atoms with Gasteiger partial charge in [0.05, 0.1) is 5.56 Å². The molecule has 0 spiro atoms. The van der Waals surface area contributed by atoms with Gasteiger partial charge in [0, 0.05) is 36.4 Å². The summed E-state index contributed by atoms with van der Waals surface area (Å²) in [6, 6.07) is 0. The summed E-state index contributed by atoms with van der Waals surface area (Å²) in [6.45, 7) is 12.0.